The van der Waals surface area contributed by atoms with Crippen molar-refractivity contribution in [2.45, 2.75) is 76.8 Å². The predicted octanol–water partition coefficient (Wildman–Crippen LogP) is 3.96. The minimum atomic E-state index is 0.0279. The molecule has 2 saturated carbocycles. The number of hydrogen-bond donors (Lipinski definition) is 2. The third kappa shape index (κ3) is 5.98. The van der Waals surface area contributed by atoms with Crippen LogP contribution in [-0.2, 0) is 16.1 Å². The number of amides is 2. The van der Waals surface area contributed by atoms with Crippen molar-refractivity contribution in [2.75, 3.05) is 7.11 Å². The van der Waals surface area contributed by atoms with E-state index in [1.165, 1.54) is 25.7 Å². The molecule has 0 unspecified atom stereocenters. The summed E-state index contributed by atoms with van der Waals surface area (Å²) < 4.78 is 5.15. The summed E-state index contributed by atoms with van der Waals surface area (Å²) >= 11 is 0. The van der Waals surface area contributed by atoms with E-state index in [0.29, 0.717) is 12.6 Å². The minimum Gasteiger partial charge on any atom is -0.497 e. The molecular weight excluding hydrogens is 352 g/mol. The second kappa shape index (κ2) is 10.5. The van der Waals surface area contributed by atoms with Crippen molar-refractivity contribution in [2.24, 2.45) is 11.8 Å². The first-order valence-electron chi connectivity index (χ1n) is 10.9. The highest BCUT2D eigenvalue weighted by molar-refractivity contribution is 5.81. The SMILES string of the molecule is COc1ccc(CNC(=O)C2CCC(C(=O)NC3CCCCCC3)CC2)cc1. The van der Waals surface area contributed by atoms with Crippen LogP contribution in [0.15, 0.2) is 24.3 Å². The summed E-state index contributed by atoms with van der Waals surface area (Å²) in [7, 11) is 1.64. The smallest absolute Gasteiger partial charge is 0.223 e. The molecule has 2 fully saturated rings. The summed E-state index contributed by atoms with van der Waals surface area (Å²) in [6, 6.07) is 8.10. The van der Waals surface area contributed by atoms with E-state index in [4.69, 9.17) is 4.74 Å². The summed E-state index contributed by atoms with van der Waals surface area (Å²) in [5, 5.41) is 6.32. The quantitative estimate of drug-likeness (QED) is 0.727. The molecule has 1 aromatic carbocycles. The summed E-state index contributed by atoms with van der Waals surface area (Å²) in [5.74, 6) is 1.24. The summed E-state index contributed by atoms with van der Waals surface area (Å²) in [4.78, 5) is 25.1. The molecule has 2 N–H and O–H groups in total. The van der Waals surface area contributed by atoms with Gasteiger partial charge >= 0.3 is 0 Å². The zero-order valence-corrected chi connectivity index (χ0v) is 17.0. The van der Waals surface area contributed by atoms with Crippen molar-refractivity contribution in [1.82, 2.24) is 10.6 Å². The highest BCUT2D eigenvalue weighted by atomic mass is 16.5. The number of benzene rings is 1. The van der Waals surface area contributed by atoms with Crippen LogP contribution < -0.4 is 15.4 Å². The highest BCUT2D eigenvalue weighted by Gasteiger charge is 2.30. The lowest BCUT2D eigenvalue weighted by molar-refractivity contribution is -0.131. The first-order chi connectivity index (χ1) is 13.7. The summed E-state index contributed by atoms with van der Waals surface area (Å²) in [6.07, 6.45) is 10.5. The zero-order valence-electron chi connectivity index (χ0n) is 17.0. The average molecular weight is 387 g/mol. The van der Waals surface area contributed by atoms with Crippen LogP contribution in [0.25, 0.3) is 0 Å². The Morgan fingerprint density at radius 3 is 2.00 bits per heavy atom. The van der Waals surface area contributed by atoms with Crippen LogP contribution in [0.5, 0.6) is 5.75 Å². The molecule has 5 nitrogen and oxygen atoms in total. The summed E-state index contributed by atoms with van der Waals surface area (Å²) in [6.45, 7) is 0.533. The molecule has 2 amide bonds. The van der Waals surface area contributed by atoms with Crippen LogP contribution in [0.1, 0.15) is 69.8 Å². The van der Waals surface area contributed by atoms with E-state index in [0.717, 1.165) is 49.8 Å². The molecule has 154 valence electrons. The largest absolute Gasteiger partial charge is 0.497 e. The molecule has 0 aromatic heterocycles. The Balaban J connectivity index is 1.38. The van der Waals surface area contributed by atoms with Crippen molar-refractivity contribution >= 4 is 11.8 Å². The maximum Gasteiger partial charge on any atom is 0.223 e. The van der Waals surface area contributed by atoms with Crippen molar-refractivity contribution < 1.29 is 14.3 Å². The predicted molar refractivity (Wildman–Crippen MR) is 110 cm³/mol. The normalized spacial score (nSPS) is 23.5. The number of carbonyl (C=O) groups is 2. The molecule has 3 rings (SSSR count). The van der Waals surface area contributed by atoms with E-state index in [2.05, 4.69) is 10.6 Å². The standard InChI is InChI=1S/C23H34N2O3/c1-28-21-14-8-17(9-15-21)16-24-22(26)18-10-12-19(13-11-18)23(27)25-20-6-4-2-3-5-7-20/h8-9,14-15,18-20H,2-7,10-13,16H2,1H3,(H,24,26)(H,25,27). The van der Waals surface area contributed by atoms with Gasteiger partial charge in [-0.1, -0.05) is 37.8 Å². The van der Waals surface area contributed by atoms with Gasteiger partial charge in [0.05, 0.1) is 7.11 Å². The van der Waals surface area contributed by atoms with Crippen LogP contribution in [0.4, 0.5) is 0 Å². The van der Waals surface area contributed by atoms with Crippen molar-refractivity contribution in [3.8, 4) is 5.75 Å². The molecule has 0 spiro atoms. The number of rotatable bonds is 6. The van der Waals surface area contributed by atoms with Gasteiger partial charge in [0.15, 0.2) is 0 Å². The molecule has 0 radical (unpaired) electrons. The molecule has 2 aliphatic carbocycles. The van der Waals surface area contributed by atoms with Gasteiger partial charge < -0.3 is 15.4 Å². The number of carbonyl (C=O) groups excluding carboxylic acids is 2. The van der Waals surface area contributed by atoms with Crippen LogP contribution in [0.3, 0.4) is 0 Å². The van der Waals surface area contributed by atoms with E-state index in [1.54, 1.807) is 7.11 Å². The molecule has 2 aliphatic rings. The van der Waals surface area contributed by atoms with Gasteiger partial charge in [-0.25, -0.2) is 0 Å². The third-order valence-corrected chi connectivity index (χ3v) is 6.30. The van der Waals surface area contributed by atoms with Gasteiger partial charge in [0.2, 0.25) is 11.8 Å². The number of methoxy groups -OCH3 is 1. The molecule has 0 bridgehead atoms. The van der Waals surface area contributed by atoms with E-state index in [-0.39, 0.29) is 23.7 Å². The monoisotopic (exact) mass is 386 g/mol. The lowest BCUT2D eigenvalue weighted by Gasteiger charge is -2.28. The Labute approximate surface area is 168 Å². The van der Waals surface area contributed by atoms with Crippen molar-refractivity contribution in [3.05, 3.63) is 29.8 Å². The number of ether oxygens (including phenoxy) is 1. The first-order valence-corrected chi connectivity index (χ1v) is 10.9. The summed E-state index contributed by atoms with van der Waals surface area (Å²) in [5.41, 5.74) is 1.06. The third-order valence-electron chi connectivity index (χ3n) is 6.30. The first kappa shape index (κ1) is 20.7. The molecule has 1 aromatic rings. The van der Waals surface area contributed by atoms with Gasteiger partial charge in [0.25, 0.3) is 0 Å². The molecule has 28 heavy (non-hydrogen) atoms. The van der Waals surface area contributed by atoms with Gasteiger partial charge in [0.1, 0.15) is 5.75 Å². The molecule has 5 heteroatoms. The van der Waals surface area contributed by atoms with E-state index < -0.39 is 0 Å². The van der Waals surface area contributed by atoms with E-state index in [1.807, 2.05) is 24.3 Å². The Hall–Kier alpha value is -2.04. The minimum absolute atomic E-state index is 0.0279. The van der Waals surface area contributed by atoms with E-state index >= 15 is 0 Å². The molecule has 0 heterocycles. The Morgan fingerprint density at radius 1 is 0.857 bits per heavy atom. The molecule has 0 saturated heterocycles. The van der Waals surface area contributed by atoms with Gasteiger partial charge in [-0.15, -0.1) is 0 Å². The van der Waals surface area contributed by atoms with Crippen LogP contribution in [0, 0.1) is 11.8 Å². The second-order valence-corrected chi connectivity index (χ2v) is 8.31. The Morgan fingerprint density at radius 2 is 1.43 bits per heavy atom. The highest BCUT2D eigenvalue weighted by Crippen LogP contribution is 2.30. The Bertz CT molecular complexity index is 628. The van der Waals surface area contributed by atoms with Gasteiger partial charge in [0, 0.05) is 24.4 Å². The zero-order chi connectivity index (χ0) is 19.8. The number of hydrogen-bond acceptors (Lipinski definition) is 3. The fraction of sp³-hybridized carbons (Fsp3) is 0.652. The average Bonchev–Trinajstić information content (AvgIpc) is 3.01. The topological polar surface area (TPSA) is 67.4 Å². The van der Waals surface area contributed by atoms with Crippen LogP contribution >= 0.6 is 0 Å². The Kier molecular flexibility index (Phi) is 7.75. The lowest BCUT2D eigenvalue weighted by Crippen LogP contribution is -2.41. The van der Waals surface area contributed by atoms with Gasteiger partial charge in [-0.3, -0.25) is 9.59 Å². The molecular formula is C23H34N2O3. The maximum absolute atomic E-state index is 12.6. The van der Waals surface area contributed by atoms with Crippen molar-refractivity contribution in [1.29, 1.82) is 0 Å². The van der Waals surface area contributed by atoms with Gasteiger partial charge in [-0.05, 0) is 56.2 Å². The van der Waals surface area contributed by atoms with Crippen LogP contribution in [0.2, 0.25) is 0 Å². The molecule has 0 atom stereocenters. The lowest BCUT2D eigenvalue weighted by atomic mass is 9.81. The fourth-order valence-corrected chi connectivity index (χ4v) is 4.44. The fourth-order valence-electron chi connectivity index (χ4n) is 4.44. The maximum atomic E-state index is 12.6. The second-order valence-electron chi connectivity index (χ2n) is 8.31. The van der Waals surface area contributed by atoms with Crippen molar-refractivity contribution in [3.63, 3.8) is 0 Å². The van der Waals surface area contributed by atoms with E-state index in [9.17, 15) is 9.59 Å². The van der Waals surface area contributed by atoms with Gasteiger partial charge in [-0.2, -0.15) is 0 Å². The number of nitrogens with one attached hydrogen (secondary N) is 2. The van der Waals surface area contributed by atoms with Crippen LogP contribution in [-0.4, -0.2) is 25.0 Å². The molecule has 0 aliphatic heterocycles.